The molecule has 0 aromatic heterocycles. The molecule has 0 spiro atoms. The summed E-state index contributed by atoms with van der Waals surface area (Å²) in [6.07, 6.45) is -4.42. The molecule has 0 radical (unpaired) electrons. The van der Waals surface area contributed by atoms with Gasteiger partial charge in [0.05, 0.1) is 26.4 Å². The van der Waals surface area contributed by atoms with Crippen LogP contribution in [0.15, 0.2) is 60.7 Å². The molecule has 0 unspecified atom stereocenters. The molecule has 3 atom stereocenters. The maximum absolute atomic E-state index is 15.5. The van der Waals surface area contributed by atoms with Gasteiger partial charge in [0, 0.05) is 0 Å². The largest absolute Gasteiger partial charge is 0.393 e. The SMILES string of the molecule is CC1(C)OC[C@H]([C@H](OCc2ccccc2)C(F)(F)[C@@H](CO)OCc2ccccc2)O1. The molecule has 1 N–H and O–H groups in total. The smallest absolute Gasteiger partial charge is 0.304 e. The van der Waals surface area contributed by atoms with Crippen LogP contribution in [0, 0.1) is 0 Å². The Bertz CT molecular complexity index is 770. The van der Waals surface area contributed by atoms with Crippen LogP contribution in [0.4, 0.5) is 8.78 Å². The summed E-state index contributed by atoms with van der Waals surface area (Å²) in [5, 5.41) is 9.69. The molecule has 0 aliphatic carbocycles. The van der Waals surface area contributed by atoms with E-state index < -0.39 is 36.6 Å². The number of alkyl halides is 2. The number of hydrogen-bond acceptors (Lipinski definition) is 5. The summed E-state index contributed by atoms with van der Waals surface area (Å²) in [4.78, 5) is 0. The Labute approximate surface area is 175 Å². The molecule has 7 heteroatoms. The standard InChI is InChI=1S/C23H28F2O5/c1-22(2)29-16-19(30-22)21(28-15-18-11-7-4-8-12-18)23(24,25)20(13-26)27-14-17-9-5-3-6-10-17/h3-12,19-21,26H,13-16H2,1-2H3/t19-,20-,21+/m1/s1. The molecule has 1 aliphatic heterocycles. The summed E-state index contributed by atoms with van der Waals surface area (Å²) in [7, 11) is 0. The Morgan fingerprint density at radius 1 is 1.00 bits per heavy atom. The molecule has 0 saturated carbocycles. The molecule has 1 heterocycles. The number of halogens is 2. The van der Waals surface area contributed by atoms with Crippen molar-refractivity contribution in [2.45, 2.75) is 57.1 Å². The van der Waals surface area contributed by atoms with Crippen LogP contribution in [0.3, 0.4) is 0 Å². The van der Waals surface area contributed by atoms with Crippen LogP contribution < -0.4 is 0 Å². The molecule has 2 aromatic rings. The van der Waals surface area contributed by atoms with Gasteiger partial charge in [0.2, 0.25) is 0 Å². The lowest BCUT2D eigenvalue weighted by molar-refractivity contribution is -0.252. The number of hydrogen-bond donors (Lipinski definition) is 1. The zero-order valence-electron chi connectivity index (χ0n) is 17.2. The molecular formula is C23H28F2O5. The van der Waals surface area contributed by atoms with Crippen molar-refractivity contribution in [2.75, 3.05) is 13.2 Å². The van der Waals surface area contributed by atoms with Crippen LogP contribution in [-0.4, -0.2) is 48.3 Å². The van der Waals surface area contributed by atoms with Crippen LogP contribution >= 0.6 is 0 Å². The Kier molecular flexibility index (Phi) is 7.55. The van der Waals surface area contributed by atoms with E-state index in [1.807, 2.05) is 24.3 Å². The molecule has 1 saturated heterocycles. The molecule has 30 heavy (non-hydrogen) atoms. The minimum absolute atomic E-state index is 0.0295. The number of ether oxygens (including phenoxy) is 4. The third-order valence-corrected chi connectivity index (χ3v) is 4.91. The van der Waals surface area contributed by atoms with E-state index in [2.05, 4.69) is 0 Å². The summed E-state index contributed by atoms with van der Waals surface area (Å²) in [6.45, 7) is 2.34. The van der Waals surface area contributed by atoms with Crippen molar-refractivity contribution in [3.8, 4) is 0 Å². The number of aliphatic hydroxyl groups excluding tert-OH is 1. The van der Waals surface area contributed by atoms with Gasteiger partial charge in [-0.2, -0.15) is 0 Å². The van der Waals surface area contributed by atoms with E-state index in [-0.39, 0.29) is 19.8 Å². The summed E-state index contributed by atoms with van der Waals surface area (Å²) >= 11 is 0. The van der Waals surface area contributed by atoms with Crippen LogP contribution in [0.1, 0.15) is 25.0 Å². The van der Waals surface area contributed by atoms with Gasteiger partial charge in [-0.15, -0.1) is 0 Å². The van der Waals surface area contributed by atoms with Crippen molar-refractivity contribution in [1.82, 2.24) is 0 Å². The average Bonchev–Trinajstić information content (AvgIpc) is 3.09. The molecular weight excluding hydrogens is 394 g/mol. The summed E-state index contributed by atoms with van der Waals surface area (Å²) < 4.78 is 53.3. The van der Waals surface area contributed by atoms with E-state index in [1.54, 1.807) is 50.2 Å². The van der Waals surface area contributed by atoms with E-state index >= 15 is 8.78 Å². The van der Waals surface area contributed by atoms with Crippen LogP contribution in [0.25, 0.3) is 0 Å². The monoisotopic (exact) mass is 422 g/mol. The van der Waals surface area contributed by atoms with Crippen LogP contribution in [-0.2, 0) is 32.2 Å². The van der Waals surface area contributed by atoms with E-state index in [4.69, 9.17) is 18.9 Å². The highest BCUT2D eigenvalue weighted by atomic mass is 19.3. The van der Waals surface area contributed by atoms with Gasteiger partial charge < -0.3 is 24.1 Å². The number of aliphatic hydroxyl groups is 1. The summed E-state index contributed by atoms with van der Waals surface area (Å²) in [5.41, 5.74) is 1.48. The molecule has 3 rings (SSSR count). The first-order valence-corrected chi connectivity index (χ1v) is 9.93. The first kappa shape index (κ1) is 22.8. The van der Waals surface area contributed by atoms with Crippen molar-refractivity contribution in [3.05, 3.63) is 71.8 Å². The summed E-state index contributed by atoms with van der Waals surface area (Å²) in [5.74, 6) is -4.51. The highest BCUT2D eigenvalue weighted by molar-refractivity contribution is 5.14. The van der Waals surface area contributed by atoms with Gasteiger partial charge in [-0.25, -0.2) is 8.78 Å². The second-order valence-electron chi connectivity index (χ2n) is 7.73. The Balaban J connectivity index is 1.75. The molecule has 2 aromatic carbocycles. The van der Waals surface area contributed by atoms with Gasteiger partial charge >= 0.3 is 5.92 Å². The molecule has 0 amide bonds. The Morgan fingerprint density at radius 2 is 1.53 bits per heavy atom. The second kappa shape index (κ2) is 9.94. The first-order chi connectivity index (χ1) is 14.3. The van der Waals surface area contributed by atoms with Crippen molar-refractivity contribution in [2.24, 2.45) is 0 Å². The molecule has 1 aliphatic rings. The zero-order valence-corrected chi connectivity index (χ0v) is 17.2. The maximum Gasteiger partial charge on any atom is 0.304 e. The van der Waals surface area contributed by atoms with Gasteiger partial charge in [0.15, 0.2) is 11.9 Å². The van der Waals surface area contributed by atoms with Gasteiger partial charge in [0.1, 0.15) is 12.2 Å². The van der Waals surface area contributed by atoms with Crippen molar-refractivity contribution < 1.29 is 32.8 Å². The van der Waals surface area contributed by atoms with E-state index in [0.29, 0.717) is 0 Å². The lowest BCUT2D eigenvalue weighted by Gasteiger charge is -2.35. The lowest BCUT2D eigenvalue weighted by Crippen LogP contribution is -2.54. The fourth-order valence-electron chi connectivity index (χ4n) is 3.33. The number of benzene rings is 2. The third-order valence-electron chi connectivity index (χ3n) is 4.91. The van der Waals surface area contributed by atoms with Gasteiger partial charge in [-0.3, -0.25) is 0 Å². The van der Waals surface area contributed by atoms with Crippen LogP contribution in [0.2, 0.25) is 0 Å². The average molecular weight is 422 g/mol. The lowest BCUT2D eigenvalue weighted by atomic mass is 10.0. The van der Waals surface area contributed by atoms with Gasteiger partial charge in [0.25, 0.3) is 0 Å². The van der Waals surface area contributed by atoms with E-state index in [9.17, 15) is 5.11 Å². The minimum Gasteiger partial charge on any atom is -0.393 e. The second-order valence-corrected chi connectivity index (χ2v) is 7.73. The van der Waals surface area contributed by atoms with Crippen molar-refractivity contribution in [3.63, 3.8) is 0 Å². The number of rotatable bonds is 10. The summed E-state index contributed by atoms with van der Waals surface area (Å²) in [6, 6.07) is 18.0. The molecule has 0 bridgehead atoms. The predicted molar refractivity (Wildman–Crippen MR) is 107 cm³/mol. The van der Waals surface area contributed by atoms with Crippen LogP contribution in [0.5, 0.6) is 0 Å². The van der Waals surface area contributed by atoms with E-state index in [0.717, 1.165) is 11.1 Å². The predicted octanol–water partition coefficient (Wildman–Crippen LogP) is 3.94. The highest BCUT2D eigenvalue weighted by Crippen LogP contribution is 2.36. The van der Waals surface area contributed by atoms with Crippen molar-refractivity contribution >= 4 is 0 Å². The third kappa shape index (κ3) is 5.83. The topological polar surface area (TPSA) is 57.2 Å². The Morgan fingerprint density at radius 3 is 2.00 bits per heavy atom. The Hall–Kier alpha value is -1.90. The van der Waals surface area contributed by atoms with Crippen molar-refractivity contribution in [1.29, 1.82) is 0 Å². The quantitative estimate of drug-likeness (QED) is 0.629. The highest BCUT2D eigenvalue weighted by Gasteiger charge is 2.55. The zero-order chi connectivity index (χ0) is 21.6. The first-order valence-electron chi connectivity index (χ1n) is 9.93. The maximum atomic E-state index is 15.5. The van der Waals surface area contributed by atoms with Gasteiger partial charge in [-0.1, -0.05) is 60.7 Å². The molecule has 1 fully saturated rings. The molecule has 5 nitrogen and oxygen atoms in total. The van der Waals surface area contributed by atoms with Gasteiger partial charge in [-0.05, 0) is 25.0 Å². The fourth-order valence-corrected chi connectivity index (χ4v) is 3.33. The molecule has 164 valence electrons. The fraction of sp³-hybridized carbons (Fsp3) is 0.478. The minimum atomic E-state index is -3.52. The van der Waals surface area contributed by atoms with E-state index in [1.165, 1.54) is 0 Å². The normalized spacial score (nSPS) is 20.8.